The molecule has 0 aliphatic carbocycles. The molecular formula is C20H23F2N4O2+. The zero-order chi connectivity index (χ0) is 20.5. The summed E-state index contributed by atoms with van der Waals surface area (Å²) in [6.07, 6.45) is 3.35. The molecule has 2 heterocycles. The Labute approximate surface area is 162 Å². The molecule has 1 aliphatic rings. The van der Waals surface area contributed by atoms with Gasteiger partial charge in [-0.2, -0.15) is 8.78 Å². The van der Waals surface area contributed by atoms with Crippen LogP contribution in [0, 0.1) is 6.92 Å². The maximum absolute atomic E-state index is 13.3. The largest absolute Gasteiger partial charge is 0.435 e. The monoisotopic (exact) mass is 389 g/mol. The summed E-state index contributed by atoms with van der Waals surface area (Å²) >= 11 is 0. The smallest absolute Gasteiger partial charge is 0.387 e. The number of alkyl halides is 2. The van der Waals surface area contributed by atoms with E-state index in [1.54, 1.807) is 38.4 Å². The Hall–Kier alpha value is -3.03. The van der Waals surface area contributed by atoms with Crippen LogP contribution < -0.4 is 15.5 Å². The highest BCUT2D eigenvalue weighted by Crippen LogP contribution is 2.33. The molecule has 1 aliphatic heterocycles. The normalized spacial score (nSPS) is 19.3. The van der Waals surface area contributed by atoms with Gasteiger partial charge in [0.05, 0.1) is 7.05 Å². The highest BCUT2D eigenvalue weighted by Gasteiger charge is 2.54. The van der Waals surface area contributed by atoms with E-state index in [1.807, 2.05) is 13.0 Å². The quantitative estimate of drug-likeness (QED) is 0.774. The van der Waals surface area contributed by atoms with E-state index in [-0.39, 0.29) is 17.6 Å². The second-order valence-corrected chi connectivity index (χ2v) is 6.77. The number of guanidine groups is 1. The highest BCUT2D eigenvalue weighted by molar-refractivity contribution is 6.03. The van der Waals surface area contributed by atoms with E-state index in [9.17, 15) is 13.6 Å². The Morgan fingerprint density at radius 3 is 2.57 bits per heavy atom. The van der Waals surface area contributed by atoms with Gasteiger partial charge in [-0.1, -0.05) is 19.4 Å². The summed E-state index contributed by atoms with van der Waals surface area (Å²) in [4.78, 5) is 22.1. The Bertz CT molecular complexity index is 932. The molecule has 0 spiro atoms. The van der Waals surface area contributed by atoms with E-state index in [0.717, 1.165) is 18.5 Å². The molecule has 148 valence electrons. The van der Waals surface area contributed by atoms with E-state index in [4.69, 9.17) is 5.73 Å². The second kappa shape index (κ2) is 7.53. The lowest BCUT2D eigenvalue weighted by atomic mass is 9.82. The number of nitrogens with two attached hydrogens (primary N) is 1. The van der Waals surface area contributed by atoms with Crippen LogP contribution >= 0.6 is 0 Å². The van der Waals surface area contributed by atoms with Crippen molar-refractivity contribution in [2.45, 2.75) is 38.8 Å². The molecule has 1 aromatic heterocycles. The summed E-state index contributed by atoms with van der Waals surface area (Å²) in [5, 5.41) is 0. The molecule has 3 N–H and O–H groups in total. The molecule has 3 rings (SSSR count). The van der Waals surface area contributed by atoms with E-state index in [1.165, 1.54) is 11.0 Å². The van der Waals surface area contributed by atoms with Gasteiger partial charge in [0.2, 0.25) is 5.54 Å². The minimum atomic E-state index is -2.92. The number of aryl methyl sites for hydroxylation is 2. The van der Waals surface area contributed by atoms with Crippen molar-refractivity contribution in [3.63, 3.8) is 0 Å². The number of carbonyl (C=O) groups is 1. The summed E-state index contributed by atoms with van der Waals surface area (Å²) < 4.78 is 29.7. The Morgan fingerprint density at radius 1 is 1.29 bits per heavy atom. The van der Waals surface area contributed by atoms with Gasteiger partial charge in [0, 0.05) is 23.0 Å². The van der Waals surface area contributed by atoms with Gasteiger partial charge >= 0.3 is 18.5 Å². The fraction of sp³-hybridized carbons (Fsp3) is 0.350. The van der Waals surface area contributed by atoms with Crippen molar-refractivity contribution < 1.29 is 23.3 Å². The first kappa shape index (κ1) is 19.7. The molecule has 0 bridgehead atoms. The van der Waals surface area contributed by atoms with Crippen LogP contribution in [-0.2, 0) is 16.8 Å². The predicted molar refractivity (Wildman–Crippen MR) is 99.8 cm³/mol. The second-order valence-electron chi connectivity index (χ2n) is 6.77. The summed E-state index contributed by atoms with van der Waals surface area (Å²) in [7, 11) is 1.59. The fourth-order valence-corrected chi connectivity index (χ4v) is 3.46. The number of likely N-dealkylation sites (N-methyl/N-ethyl adjacent to an activating group) is 1. The van der Waals surface area contributed by atoms with Crippen LogP contribution in [0.15, 0.2) is 36.5 Å². The van der Waals surface area contributed by atoms with Gasteiger partial charge in [0.25, 0.3) is 0 Å². The van der Waals surface area contributed by atoms with Crippen molar-refractivity contribution in [3.05, 3.63) is 58.9 Å². The minimum absolute atomic E-state index is 0.0612. The lowest BCUT2D eigenvalue weighted by Crippen LogP contribution is -2.85. The van der Waals surface area contributed by atoms with Crippen LogP contribution in [-0.4, -0.2) is 35.4 Å². The molecule has 28 heavy (non-hydrogen) atoms. The zero-order valence-electron chi connectivity index (χ0n) is 16.0. The van der Waals surface area contributed by atoms with Gasteiger partial charge in [0.15, 0.2) is 0 Å². The molecule has 1 atom stereocenters. The van der Waals surface area contributed by atoms with E-state index in [2.05, 4.69) is 14.7 Å². The van der Waals surface area contributed by atoms with E-state index < -0.39 is 12.2 Å². The number of nitrogens with zero attached hydrogens (tertiary/aromatic N) is 2. The third kappa shape index (κ3) is 3.30. The van der Waals surface area contributed by atoms with E-state index >= 15 is 0 Å². The minimum Gasteiger partial charge on any atom is -0.435 e. The number of amides is 1. The molecule has 0 fully saturated rings. The predicted octanol–water partition coefficient (Wildman–Crippen LogP) is 1.05. The number of ether oxygens (including phenoxy) is 1. The molecule has 6 nitrogen and oxygen atoms in total. The lowest BCUT2D eigenvalue weighted by molar-refractivity contribution is -0.525. The molecule has 8 heteroatoms. The molecule has 1 aromatic carbocycles. The average Bonchev–Trinajstić information content (AvgIpc) is 2.88. The first-order chi connectivity index (χ1) is 13.3. The lowest BCUT2D eigenvalue weighted by Gasteiger charge is -2.24. The number of halogens is 2. The van der Waals surface area contributed by atoms with Gasteiger partial charge in [0.1, 0.15) is 5.75 Å². The number of carbonyl (C=O) groups excluding carboxylic acids is 1. The summed E-state index contributed by atoms with van der Waals surface area (Å²) in [5.41, 5.74) is 7.37. The molecule has 1 unspecified atom stereocenters. The Balaban J connectivity index is 2.18. The summed E-state index contributed by atoms with van der Waals surface area (Å²) in [6.45, 7) is 0.783. The molecule has 2 aromatic rings. The maximum atomic E-state index is 13.3. The van der Waals surface area contributed by atoms with Crippen molar-refractivity contribution in [3.8, 4) is 5.75 Å². The Morgan fingerprint density at radius 2 is 2.00 bits per heavy atom. The van der Waals surface area contributed by atoms with Gasteiger partial charge in [-0.25, -0.2) is 4.90 Å². The average molecular weight is 389 g/mol. The van der Waals surface area contributed by atoms with Crippen LogP contribution in [0.5, 0.6) is 5.75 Å². The first-order valence-electron chi connectivity index (χ1n) is 8.99. The number of nitrogens with one attached hydrogen (secondary N) is 1. The van der Waals surface area contributed by atoms with Gasteiger partial charge < -0.3 is 4.74 Å². The van der Waals surface area contributed by atoms with Crippen LogP contribution in [0.4, 0.5) is 8.78 Å². The van der Waals surface area contributed by atoms with Gasteiger partial charge in [-0.05, 0) is 43.2 Å². The summed E-state index contributed by atoms with van der Waals surface area (Å²) in [6, 6.07) is 8.34. The third-order valence-corrected chi connectivity index (χ3v) is 4.88. The van der Waals surface area contributed by atoms with Crippen molar-refractivity contribution in [2.24, 2.45) is 5.73 Å². The van der Waals surface area contributed by atoms with E-state index in [0.29, 0.717) is 16.7 Å². The number of aromatic nitrogens is 1. The topological polar surface area (TPSA) is 82.4 Å². The van der Waals surface area contributed by atoms with Crippen LogP contribution in [0.25, 0.3) is 0 Å². The summed E-state index contributed by atoms with van der Waals surface area (Å²) in [5.74, 6) is 0.0102. The zero-order valence-corrected chi connectivity index (χ0v) is 16.0. The van der Waals surface area contributed by atoms with Crippen molar-refractivity contribution in [2.75, 3.05) is 7.05 Å². The third-order valence-electron chi connectivity index (χ3n) is 4.88. The maximum Gasteiger partial charge on any atom is 0.387 e. The Kier molecular flexibility index (Phi) is 5.31. The number of hydrogen-bond acceptors (Lipinski definition) is 4. The van der Waals surface area contributed by atoms with Crippen molar-refractivity contribution >= 4 is 11.9 Å². The highest BCUT2D eigenvalue weighted by atomic mass is 19.3. The van der Waals surface area contributed by atoms with Crippen LogP contribution in [0.2, 0.25) is 0 Å². The van der Waals surface area contributed by atoms with Gasteiger partial charge in [-0.3, -0.25) is 20.5 Å². The van der Waals surface area contributed by atoms with Crippen molar-refractivity contribution in [1.29, 1.82) is 0 Å². The SMILES string of the molecule is CCCc1cc(C2(c3ccc(OC(F)F)c(C)c3)[NH+]=C(N)N(C)C2=O)ccn1. The van der Waals surface area contributed by atoms with Crippen molar-refractivity contribution in [1.82, 2.24) is 9.88 Å². The molecular weight excluding hydrogens is 366 g/mol. The first-order valence-corrected chi connectivity index (χ1v) is 8.99. The number of rotatable bonds is 6. The number of benzene rings is 1. The fourth-order valence-electron chi connectivity index (χ4n) is 3.46. The van der Waals surface area contributed by atoms with Crippen LogP contribution in [0.3, 0.4) is 0 Å². The molecule has 0 saturated heterocycles. The standard InChI is InChI=1S/C20H22F2N4O2/c1-4-5-15-11-14(8-9-24-15)20(17(27)26(3)19(23)25-20)13-6-7-16(12(2)10-13)28-18(21)22/h6-11,18H,4-5H2,1-3H3,(H2,23,25)/p+1. The molecule has 0 radical (unpaired) electrons. The number of hydrogen-bond donors (Lipinski definition) is 2. The molecule has 0 saturated carbocycles. The van der Waals surface area contributed by atoms with Crippen LogP contribution in [0.1, 0.15) is 35.7 Å². The van der Waals surface area contributed by atoms with Gasteiger partial charge in [-0.15, -0.1) is 0 Å². The molecule has 1 amide bonds. The number of pyridine rings is 1.